The van der Waals surface area contributed by atoms with Gasteiger partial charge in [0.05, 0.1) is 6.61 Å². The van der Waals surface area contributed by atoms with Gasteiger partial charge in [-0.3, -0.25) is 4.79 Å². The highest BCUT2D eigenvalue weighted by Gasteiger charge is 2.20. The Morgan fingerprint density at radius 3 is 2.56 bits per heavy atom. The van der Waals surface area contributed by atoms with E-state index >= 15 is 0 Å². The van der Waals surface area contributed by atoms with Crippen molar-refractivity contribution < 1.29 is 18.3 Å². The van der Waals surface area contributed by atoms with Crippen LogP contribution < -0.4 is 4.74 Å². The van der Waals surface area contributed by atoms with E-state index in [0.29, 0.717) is 12.4 Å². The highest BCUT2D eigenvalue weighted by atomic mass is 79.9. The molecule has 0 atom stereocenters. The van der Waals surface area contributed by atoms with Crippen molar-refractivity contribution in [3.8, 4) is 5.75 Å². The predicted octanol–water partition coefficient (Wildman–Crippen LogP) is 3.99. The fourth-order valence-electron chi connectivity index (χ4n) is 1.36. The molecule has 0 unspecified atom stereocenters. The second-order valence-corrected chi connectivity index (χ2v) is 4.01. The molecule has 0 saturated carbocycles. The summed E-state index contributed by atoms with van der Waals surface area (Å²) >= 11 is 3.02. The van der Waals surface area contributed by atoms with Crippen LogP contribution in [0.5, 0.6) is 5.75 Å². The van der Waals surface area contributed by atoms with E-state index in [0.717, 1.165) is 0 Å². The van der Waals surface area contributed by atoms with Crippen LogP contribution >= 0.6 is 15.9 Å². The first-order chi connectivity index (χ1) is 7.47. The number of hydrogen-bond acceptors (Lipinski definition) is 2. The summed E-state index contributed by atoms with van der Waals surface area (Å²) < 4.78 is 30.9. The van der Waals surface area contributed by atoms with Crippen molar-refractivity contribution in [2.75, 3.05) is 6.61 Å². The monoisotopic (exact) mass is 292 g/mol. The van der Waals surface area contributed by atoms with E-state index in [-0.39, 0.29) is 15.6 Å². The van der Waals surface area contributed by atoms with Gasteiger partial charge in [-0.1, -0.05) is 15.9 Å². The molecule has 0 aliphatic carbocycles. The second kappa shape index (κ2) is 5.39. The summed E-state index contributed by atoms with van der Waals surface area (Å²) in [7, 11) is 0. The van der Waals surface area contributed by atoms with Crippen molar-refractivity contribution in [1.82, 2.24) is 0 Å². The Kier molecular flexibility index (Phi) is 4.41. The lowest BCUT2D eigenvalue weighted by Gasteiger charge is -2.11. The van der Waals surface area contributed by atoms with Gasteiger partial charge in [-0.2, -0.15) is 0 Å². The van der Waals surface area contributed by atoms with Crippen LogP contribution in [0.25, 0.3) is 0 Å². The van der Waals surface area contributed by atoms with Gasteiger partial charge >= 0.3 is 0 Å². The first-order valence-corrected chi connectivity index (χ1v) is 5.52. The molecule has 0 saturated heterocycles. The summed E-state index contributed by atoms with van der Waals surface area (Å²) in [6, 6.07) is 2.79. The summed E-state index contributed by atoms with van der Waals surface area (Å²) in [6.07, 6.45) is -2.69. The standard InChI is InChI=1S/C11H11BrF2O2/c1-3-16-7-4-8(6(2)15)10(11(13)14)9(12)5-7/h4-5,11H,3H2,1-2H3. The molecule has 2 nitrogen and oxygen atoms in total. The van der Waals surface area contributed by atoms with E-state index in [4.69, 9.17) is 4.74 Å². The Morgan fingerprint density at radius 1 is 1.50 bits per heavy atom. The fourth-order valence-corrected chi connectivity index (χ4v) is 1.97. The zero-order chi connectivity index (χ0) is 12.3. The number of alkyl halides is 2. The molecule has 0 N–H and O–H groups in total. The van der Waals surface area contributed by atoms with Crippen LogP contribution in [0.15, 0.2) is 16.6 Å². The first kappa shape index (κ1) is 13.1. The predicted molar refractivity (Wildman–Crippen MR) is 60.3 cm³/mol. The Bertz CT molecular complexity index is 405. The van der Waals surface area contributed by atoms with Gasteiger partial charge in [-0.25, -0.2) is 8.78 Å². The number of hydrogen-bond donors (Lipinski definition) is 0. The molecule has 0 radical (unpaired) electrons. The molecule has 5 heteroatoms. The summed E-state index contributed by atoms with van der Waals surface area (Å²) in [5.74, 6) is 0.00141. The van der Waals surface area contributed by atoms with Crippen LogP contribution in [0.3, 0.4) is 0 Å². The van der Waals surface area contributed by atoms with Crippen molar-refractivity contribution in [2.24, 2.45) is 0 Å². The van der Waals surface area contributed by atoms with Crippen LogP contribution in [-0.4, -0.2) is 12.4 Å². The van der Waals surface area contributed by atoms with Crippen LogP contribution in [0.2, 0.25) is 0 Å². The number of rotatable bonds is 4. The molecule has 0 bridgehead atoms. The van der Waals surface area contributed by atoms with Gasteiger partial charge in [0.2, 0.25) is 0 Å². The van der Waals surface area contributed by atoms with Crippen molar-refractivity contribution in [3.63, 3.8) is 0 Å². The van der Waals surface area contributed by atoms with E-state index < -0.39 is 12.2 Å². The molecular weight excluding hydrogens is 282 g/mol. The highest BCUT2D eigenvalue weighted by Crippen LogP contribution is 2.34. The lowest BCUT2D eigenvalue weighted by Crippen LogP contribution is -2.03. The Morgan fingerprint density at radius 2 is 2.12 bits per heavy atom. The van der Waals surface area contributed by atoms with Gasteiger partial charge in [0.25, 0.3) is 6.43 Å². The van der Waals surface area contributed by atoms with Crippen molar-refractivity contribution in [2.45, 2.75) is 20.3 Å². The smallest absolute Gasteiger partial charge is 0.265 e. The molecule has 0 aliphatic rings. The lowest BCUT2D eigenvalue weighted by molar-refractivity contribution is 0.0998. The zero-order valence-electron chi connectivity index (χ0n) is 8.89. The molecule has 0 aliphatic heterocycles. The minimum Gasteiger partial charge on any atom is -0.494 e. The van der Waals surface area contributed by atoms with Crippen LogP contribution in [0, 0.1) is 0 Å². The number of ketones is 1. The lowest BCUT2D eigenvalue weighted by atomic mass is 10.0. The Balaban J connectivity index is 3.33. The maximum Gasteiger partial charge on any atom is 0.265 e. The highest BCUT2D eigenvalue weighted by molar-refractivity contribution is 9.10. The Labute approximate surface area is 101 Å². The third-order valence-electron chi connectivity index (χ3n) is 2.01. The number of ether oxygens (including phenoxy) is 1. The zero-order valence-corrected chi connectivity index (χ0v) is 10.5. The molecule has 0 heterocycles. The molecule has 0 fully saturated rings. The largest absolute Gasteiger partial charge is 0.494 e. The number of benzene rings is 1. The minimum absolute atomic E-state index is 0.00664. The topological polar surface area (TPSA) is 26.3 Å². The van der Waals surface area contributed by atoms with E-state index in [9.17, 15) is 13.6 Å². The minimum atomic E-state index is -2.69. The molecular formula is C11H11BrF2O2. The number of carbonyl (C=O) groups is 1. The molecule has 88 valence electrons. The maximum absolute atomic E-state index is 12.7. The summed E-state index contributed by atoms with van der Waals surface area (Å²) in [4.78, 5) is 11.3. The van der Waals surface area contributed by atoms with E-state index in [1.807, 2.05) is 0 Å². The summed E-state index contributed by atoms with van der Waals surface area (Å²) in [5.41, 5.74) is -0.288. The van der Waals surface area contributed by atoms with Gasteiger partial charge in [0.1, 0.15) is 5.75 Å². The van der Waals surface area contributed by atoms with Gasteiger partial charge in [0.15, 0.2) is 5.78 Å². The molecule has 1 aromatic carbocycles. The molecule has 1 rings (SSSR count). The quantitative estimate of drug-likeness (QED) is 0.785. The number of Topliss-reactive ketones (excluding diaryl/α,β-unsaturated/α-hetero) is 1. The molecule has 16 heavy (non-hydrogen) atoms. The van der Waals surface area contributed by atoms with Crippen LogP contribution in [-0.2, 0) is 0 Å². The molecule has 0 spiro atoms. The first-order valence-electron chi connectivity index (χ1n) is 4.72. The van der Waals surface area contributed by atoms with Crippen molar-refractivity contribution in [3.05, 3.63) is 27.7 Å². The average Bonchev–Trinajstić information content (AvgIpc) is 2.16. The number of halogens is 3. The Hall–Kier alpha value is -0.970. The number of carbonyl (C=O) groups excluding carboxylic acids is 1. The van der Waals surface area contributed by atoms with Gasteiger partial charge in [-0.15, -0.1) is 0 Å². The van der Waals surface area contributed by atoms with Gasteiger partial charge in [0, 0.05) is 15.6 Å². The summed E-state index contributed by atoms with van der Waals surface area (Å²) in [5, 5.41) is 0. The van der Waals surface area contributed by atoms with Crippen LogP contribution in [0.4, 0.5) is 8.78 Å². The van der Waals surface area contributed by atoms with Gasteiger partial charge in [-0.05, 0) is 26.0 Å². The third kappa shape index (κ3) is 2.78. The van der Waals surface area contributed by atoms with Crippen molar-refractivity contribution >= 4 is 21.7 Å². The van der Waals surface area contributed by atoms with Gasteiger partial charge < -0.3 is 4.74 Å². The third-order valence-corrected chi connectivity index (χ3v) is 2.67. The van der Waals surface area contributed by atoms with E-state index in [1.54, 1.807) is 6.92 Å². The molecule has 0 aromatic heterocycles. The van der Waals surface area contributed by atoms with Crippen molar-refractivity contribution in [1.29, 1.82) is 0 Å². The average molecular weight is 293 g/mol. The second-order valence-electron chi connectivity index (χ2n) is 3.16. The maximum atomic E-state index is 12.7. The van der Waals surface area contributed by atoms with Crippen LogP contribution in [0.1, 0.15) is 36.2 Å². The SMILES string of the molecule is CCOc1cc(Br)c(C(F)F)c(C(C)=O)c1. The normalized spacial score (nSPS) is 10.6. The molecule has 1 aromatic rings. The summed E-state index contributed by atoms with van der Waals surface area (Å²) in [6.45, 7) is 3.45. The van der Waals surface area contributed by atoms with E-state index in [1.165, 1.54) is 19.1 Å². The molecule has 0 amide bonds. The fraction of sp³-hybridized carbons (Fsp3) is 0.364. The van der Waals surface area contributed by atoms with E-state index in [2.05, 4.69) is 15.9 Å².